The Balaban J connectivity index is 2.47. The fourth-order valence-electron chi connectivity index (χ4n) is 1.64. The molecular formula is C14H9ClN2O4. The minimum absolute atomic E-state index is 0.000401. The summed E-state index contributed by atoms with van der Waals surface area (Å²) in [6, 6.07) is 10.5. The molecule has 0 fully saturated rings. The van der Waals surface area contributed by atoms with Crippen LogP contribution in [-0.2, 0) is 0 Å². The molecule has 0 saturated heterocycles. The van der Waals surface area contributed by atoms with Gasteiger partial charge >= 0.3 is 5.69 Å². The van der Waals surface area contributed by atoms with Gasteiger partial charge in [-0.1, -0.05) is 11.6 Å². The van der Waals surface area contributed by atoms with Crippen LogP contribution in [0.1, 0.15) is 5.56 Å². The molecule has 0 heterocycles. The number of nitro benzene ring substituents is 1. The molecule has 6 nitrogen and oxygen atoms in total. The van der Waals surface area contributed by atoms with E-state index in [0.29, 0.717) is 10.8 Å². The van der Waals surface area contributed by atoms with Crippen molar-refractivity contribution in [2.24, 2.45) is 0 Å². The van der Waals surface area contributed by atoms with Crippen molar-refractivity contribution in [3.05, 3.63) is 57.1 Å². The molecule has 2 rings (SSSR count). The largest absolute Gasteiger partial charge is 0.496 e. The summed E-state index contributed by atoms with van der Waals surface area (Å²) in [5, 5.41) is 20.5. The summed E-state index contributed by atoms with van der Waals surface area (Å²) in [6.45, 7) is 0. The molecule has 0 atom stereocenters. The van der Waals surface area contributed by atoms with Crippen LogP contribution in [-0.4, -0.2) is 12.0 Å². The van der Waals surface area contributed by atoms with Gasteiger partial charge in [0.1, 0.15) is 17.6 Å². The molecule has 0 bridgehead atoms. The Bertz CT molecular complexity index is 740. The van der Waals surface area contributed by atoms with Gasteiger partial charge in [0.25, 0.3) is 0 Å². The monoisotopic (exact) mass is 304 g/mol. The van der Waals surface area contributed by atoms with Crippen LogP contribution < -0.4 is 9.47 Å². The van der Waals surface area contributed by atoms with Gasteiger partial charge in [-0.3, -0.25) is 10.1 Å². The average molecular weight is 305 g/mol. The van der Waals surface area contributed by atoms with Crippen molar-refractivity contribution in [1.82, 2.24) is 0 Å². The molecule has 0 spiro atoms. The van der Waals surface area contributed by atoms with Crippen LogP contribution in [0.15, 0.2) is 36.4 Å². The summed E-state index contributed by atoms with van der Waals surface area (Å²) >= 11 is 5.85. The maximum atomic E-state index is 11.1. The maximum absolute atomic E-state index is 11.1. The van der Waals surface area contributed by atoms with Gasteiger partial charge < -0.3 is 9.47 Å². The first-order chi connectivity index (χ1) is 10.0. The Kier molecular flexibility index (Phi) is 4.26. The third kappa shape index (κ3) is 3.22. The number of ether oxygens (including phenoxy) is 2. The van der Waals surface area contributed by atoms with Crippen LogP contribution in [0.25, 0.3) is 0 Å². The maximum Gasteiger partial charge on any atom is 0.315 e. The number of hydrogen-bond acceptors (Lipinski definition) is 5. The van der Waals surface area contributed by atoms with Gasteiger partial charge in [-0.15, -0.1) is 0 Å². The number of nitrogens with zero attached hydrogens (tertiary/aromatic N) is 2. The van der Waals surface area contributed by atoms with E-state index in [4.69, 9.17) is 26.3 Å². The van der Waals surface area contributed by atoms with Gasteiger partial charge in [-0.2, -0.15) is 5.26 Å². The molecule has 2 aromatic carbocycles. The zero-order chi connectivity index (χ0) is 15.4. The first-order valence-electron chi connectivity index (χ1n) is 5.75. The van der Waals surface area contributed by atoms with Crippen LogP contribution in [0.3, 0.4) is 0 Å². The molecule has 0 saturated carbocycles. The predicted octanol–water partition coefficient (Wildman–Crippen LogP) is 3.92. The highest BCUT2D eigenvalue weighted by Crippen LogP contribution is 2.36. The molecule has 0 aliphatic carbocycles. The molecule has 0 N–H and O–H groups in total. The van der Waals surface area contributed by atoms with Crippen LogP contribution in [0, 0.1) is 21.4 Å². The minimum atomic E-state index is -0.589. The molecule has 7 heteroatoms. The number of nitriles is 1. The van der Waals surface area contributed by atoms with E-state index < -0.39 is 4.92 Å². The third-order valence-corrected chi connectivity index (χ3v) is 2.88. The number of nitro groups is 1. The Hall–Kier alpha value is -2.78. The lowest BCUT2D eigenvalue weighted by Crippen LogP contribution is -1.96. The molecule has 0 aliphatic heterocycles. The van der Waals surface area contributed by atoms with Crippen molar-refractivity contribution in [3.63, 3.8) is 0 Å². The molecule has 0 aliphatic rings. The molecule has 0 unspecified atom stereocenters. The topological polar surface area (TPSA) is 85.4 Å². The summed E-state index contributed by atoms with van der Waals surface area (Å²) in [6.07, 6.45) is 0. The van der Waals surface area contributed by atoms with Gasteiger partial charge in [0.15, 0.2) is 0 Å². The molecule has 106 valence electrons. The van der Waals surface area contributed by atoms with E-state index in [1.54, 1.807) is 0 Å². The second-order valence-corrected chi connectivity index (χ2v) is 4.38. The van der Waals surface area contributed by atoms with Crippen molar-refractivity contribution in [3.8, 4) is 23.3 Å². The molecule has 21 heavy (non-hydrogen) atoms. The van der Waals surface area contributed by atoms with Gasteiger partial charge in [-0.25, -0.2) is 0 Å². The van der Waals surface area contributed by atoms with Crippen molar-refractivity contribution in [2.45, 2.75) is 0 Å². The van der Waals surface area contributed by atoms with E-state index in [9.17, 15) is 10.1 Å². The van der Waals surface area contributed by atoms with Crippen LogP contribution in [0.2, 0.25) is 5.02 Å². The summed E-state index contributed by atoms with van der Waals surface area (Å²) in [5.74, 6) is 0.485. The lowest BCUT2D eigenvalue weighted by Gasteiger charge is -2.09. The summed E-state index contributed by atoms with van der Waals surface area (Å²) in [7, 11) is 1.41. The van der Waals surface area contributed by atoms with Gasteiger partial charge in [0, 0.05) is 11.1 Å². The summed E-state index contributed by atoms with van der Waals surface area (Å²) in [4.78, 5) is 10.5. The number of methoxy groups -OCH3 is 1. The lowest BCUT2D eigenvalue weighted by molar-refractivity contribution is -0.385. The van der Waals surface area contributed by atoms with Gasteiger partial charge in [0.2, 0.25) is 5.75 Å². The minimum Gasteiger partial charge on any atom is -0.496 e. The predicted molar refractivity (Wildman–Crippen MR) is 75.9 cm³/mol. The summed E-state index contributed by atoms with van der Waals surface area (Å²) in [5.41, 5.74) is -0.0391. The zero-order valence-corrected chi connectivity index (χ0v) is 11.6. The number of benzene rings is 2. The molecule has 2 aromatic rings. The lowest BCUT2D eigenvalue weighted by atomic mass is 10.2. The highest BCUT2D eigenvalue weighted by Gasteiger charge is 2.18. The van der Waals surface area contributed by atoms with Crippen molar-refractivity contribution < 1.29 is 14.4 Å². The SMILES string of the molecule is COc1ccc(Oc2cc(Cl)ccc2C#N)c([N+](=O)[O-])c1. The Morgan fingerprint density at radius 1 is 1.24 bits per heavy atom. The zero-order valence-electron chi connectivity index (χ0n) is 10.9. The van der Waals surface area contributed by atoms with Crippen LogP contribution >= 0.6 is 11.6 Å². The van der Waals surface area contributed by atoms with Crippen molar-refractivity contribution in [1.29, 1.82) is 5.26 Å². The number of rotatable bonds is 4. The standard InChI is InChI=1S/C14H9ClN2O4/c1-20-11-4-5-13(12(7-11)17(18)19)21-14-6-10(15)3-2-9(14)8-16/h2-7H,1H3. The van der Waals surface area contributed by atoms with Crippen molar-refractivity contribution in [2.75, 3.05) is 7.11 Å². The van der Waals surface area contributed by atoms with Crippen LogP contribution in [0.4, 0.5) is 5.69 Å². The van der Waals surface area contributed by atoms with E-state index in [1.165, 1.54) is 43.5 Å². The Labute approximate surface area is 125 Å². The van der Waals surface area contributed by atoms with E-state index >= 15 is 0 Å². The number of halogens is 1. The van der Waals surface area contributed by atoms with E-state index in [1.807, 2.05) is 6.07 Å². The molecular weight excluding hydrogens is 296 g/mol. The third-order valence-electron chi connectivity index (χ3n) is 2.65. The highest BCUT2D eigenvalue weighted by atomic mass is 35.5. The van der Waals surface area contributed by atoms with Gasteiger partial charge in [-0.05, 0) is 24.3 Å². The quantitative estimate of drug-likeness (QED) is 0.631. The first-order valence-corrected chi connectivity index (χ1v) is 6.13. The Morgan fingerprint density at radius 2 is 2.00 bits per heavy atom. The molecule has 0 aromatic heterocycles. The van der Waals surface area contributed by atoms with E-state index in [-0.39, 0.29) is 22.7 Å². The fourth-order valence-corrected chi connectivity index (χ4v) is 1.81. The first kappa shape index (κ1) is 14.6. The second kappa shape index (κ2) is 6.11. The smallest absolute Gasteiger partial charge is 0.315 e. The summed E-state index contributed by atoms with van der Waals surface area (Å²) < 4.78 is 10.4. The highest BCUT2D eigenvalue weighted by molar-refractivity contribution is 6.30. The second-order valence-electron chi connectivity index (χ2n) is 3.95. The molecule has 0 amide bonds. The molecule has 0 radical (unpaired) electrons. The van der Waals surface area contributed by atoms with Crippen molar-refractivity contribution >= 4 is 17.3 Å². The average Bonchev–Trinajstić information content (AvgIpc) is 2.47. The van der Waals surface area contributed by atoms with E-state index in [2.05, 4.69) is 0 Å². The van der Waals surface area contributed by atoms with Crippen LogP contribution in [0.5, 0.6) is 17.2 Å². The van der Waals surface area contributed by atoms with E-state index in [0.717, 1.165) is 0 Å². The fraction of sp³-hybridized carbons (Fsp3) is 0.0714. The van der Waals surface area contributed by atoms with Gasteiger partial charge in [0.05, 0.1) is 23.7 Å². The normalized spacial score (nSPS) is 9.76. The number of hydrogen-bond donors (Lipinski definition) is 0. The Morgan fingerprint density at radius 3 is 2.62 bits per heavy atom.